The molecule has 0 aromatic heterocycles. The molecule has 2 rings (SSSR count). The maximum Gasteiger partial charge on any atom is 0.169 e. The van der Waals surface area contributed by atoms with Crippen LogP contribution in [-0.2, 0) is 0 Å². The summed E-state index contributed by atoms with van der Waals surface area (Å²) >= 11 is 0. The first kappa shape index (κ1) is 10.6. The number of aryl methyl sites for hydroxylation is 1. The molecule has 2 aromatic rings. The molecule has 0 amide bonds. The van der Waals surface area contributed by atoms with Gasteiger partial charge in [-0.05, 0) is 36.8 Å². The Bertz CT molecular complexity index is 463. The van der Waals surface area contributed by atoms with Crippen molar-refractivity contribution in [3.05, 3.63) is 54.1 Å². The Morgan fingerprint density at radius 2 is 1.62 bits per heavy atom. The zero-order chi connectivity index (χ0) is 11.4. The summed E-state index contributed by atoms with van der Waals surface area (Å²) in [4.78, 5) is 0. The van der Waals surface area contributed by atoms with Crippen LogP contribution in [0.3, 0.4) is 0 Å². The van der Waals surface area contributed by atoms with E-state index in [9.17, 15) is 0 Å². The molecule has 0 fully saturated rings. The first-order valence-corrected chi connectivity index (χ1v) is 5.17. The fourth-order valence-corrected chi connectivity index (χ4v) is 1.47. The van der Waals surface area contributed by atoms with Crippen LogP contribution >= 0.6 is 0 Å². The average molecular weight is 214 g/mol. The van der Waals surface area contributed by atoms with Gasteiger partial charge in [-0.25, -0.2) is 0 Å². The Balaban J connectivity index is 2.28. The summed E-state index contributed by atoms with van der Waals surface area (Å²) in [6.07, 6.45) is 0. The number of rotatable bonds is 3. The lowest BCUT2D eigenvalue weighted by atomic mass is 10.2. The monoisotopic (exact) mass is 214 g/mol. The minimum atomic E-state index is 0.735. The predicted molar refractivity (Wildman–Crippen MR) is 64.2 cm³/mol. The molecule has 0 aliphatic carbocycles. The highest BCUT2D eigenvalue weighted by Gasteiger charge is 2.04. The highest BCUT2D eigenvalue weighted by atomic mass is 16.5. The summed E-state index contributed by atoms with van der Waals surface area (Å²) in [5.74, 6) is 2.30. The van der Waals surface area contributed by atoms with Gasteiger partial charge in [0.1, 0.15) is 5.75 Å². The summed E-state index contributed by atoms with van der Waals surface area (Å²) in [7, 11) is 1.65. The second kappa shape index (κ2) is 4.71. The van der Waals surface area contributed by atoms with Gasteiger partial charge in [0.15, 0.2) is 11.5 Å². The van der Waals surface area contributed by atoms with Crippen molar-refractivity contribution in [1.29, 1.82) is 0 Å². The summed E-state index contributed by atoms with van der Waals surface area (Å²) in [5, 5.41) is 0. The number of hydrogen-bond donors (Lipinski definition) is 0. The van der Waals surface area contributed by atoms with E-state index in [1.54, 1.807) is 7.11 Å². The van der Waals surface area contributed by atoms with Gasteiger partial charge >= 0.3 is 0 Å². The fourth-order valence-electron chi connectivity index (χ4n) is 1.47. The molecule has 0 unspecified atom stereocenters. The van der Waals surface area contributed by atoms with Gasteiger partial charge in [0.25, 0.3) is 0 Å². The molecule has 0 atom stereocenters. The van der Waals surface area contributed by atoms with Crippen molar-refractivity contribution < 1.29 is 9.47 Å². The van der Waals surface area contributed by atoms with E-state index in [4.69, 9.17) is 9.47 Å². The van der Waals surface area contributed by atoms with E-state index < -0.39 is 0 Å². The van der Waals surface area contributed by atoms with Gasteiger partial charge in [0.05, 0.1) is 7.11 Å². The topological polar surface area (TPSA) is 18.5 Å². The van der Waals surface area contributed by atoms with Crippen LogP contribution in [0, 0.1) is 6.92 Å². The average Bonchev–Trinajstić information content (AvgIpc) is 2.33. The van der Waals surface area contributed by atoms with Crippen molar-refractivity contribution in [2.75, 3.05) is 7.11 Å². The third-order valence-corrected chi connectivity index (χ3v) is 2.29. The van der Waals surface area contributed by atoms with Crippen molar-refractivity contribution in [2.24, 2.45) is 0 Å². The number of para-hydroxylation sites is 1. The predicted octanol–water partition coefficient (Wildman–Crippen LogP) is 3.80. The highest BCUT2D eigenvalue weighted by molar-refractivity contribution is 5.45. The second-order valence-electron chi connectivity index (χ2n) is 3.57. The van der Waals surface area contributed by atoms with Crippen molar-refractivity contribution in [2.45, 2.75) is 6.92 Å². The van der Waals surface area contributed by atoms with Gasteiger partial charge in [0.2, 0.25) is 0 Å². The van der Waals surface area contributed by atoms with Crippen LogP contribution in [0.15, 0.2) is 48.5 Å². The summed E-state index contributed by atoms with van der Waals surface area (Å²) in [6.45, 7) is 2.02. The number of methoxy groups -OCH3 is 1. The molecule has 0 aliphatic heterocycles. The Morgan fingerprint density at radius 1 is 0.875 bits per heavy atom. The third-order valence-electron chi connectivity index (χ3n) is 2.29. The maximum absolute atomic E-state index is 5.73. The maximum atomic E-state index is 5.73. The van der Waals surface area contributed by atoms with Crippen LogP contribution < -0.4 is 9.47 Å². The molecular formula is C14H14O2. The largest absolute Gasteiger partial charge is 0.493 e. The van der Waals surface area contributed by atoms with E-state index in [-0.39, 0.29) is 0 Å². The molecule has 0 aliphatic rings. The summed E-state index contributed by atoms with van der Waals surface area (Å²) < 4.78 is 11.0. The van der Waals surface area contributed by atoms with E-state index in [0.29, 0.717) is 0 Å². The zero-order valence-corrected chi connectivity index (χ0v) is 9.44. The smallest absolute Gasteiger partial charge is 0.169 e. The normalized spacial score (nSPS) is 9.88. The van der Waals surface area contributed by atoms with E-state index >= 15 is 0 Å². The molecule has 2 aromatic carbocycles. The second-order valence-corrected chi connectivity index (χ2v) is 3.57. The van der Waals surface area contributed by atoms with Crippen molar-refractivity contribution in [3.63, 3.8) is 0 Å². The molecule has 0 bridgehead atoms. The van der Waals surface area contributed by atoms with E-state index in [1.807, 2.05) is 55.5 Å². The molecule has 82 valence electrons. The van der Waals surface area contributed by atoms with E-state index in [1.165, 1.54) is 0 Å². The Kier molecular flexibility index (Phi) is 3.10. The Labute approximate surface area is 95.4 Å². The summed E-state index contributed by atoms with van der Waals surface area (Å²) in [6, 6.07) is 15.5. The minimum absolute atomic E-state index is 0.735. The molecule has 2 heteroatoms. The molecule has 0 radical (unpaired) electrons. The van der Waals surface area contributed by atoms with Gasteiger partial charge < -0.3 is 9.47 Å². The quantitative estimate of drug-likeness (QED) is 0.773. The van der Waals surface area contributed by atoms with Gasteiger partial charge in [-0.1, -0.05) is 24.3 Å². The molecule has 0 saturated heterocycles. The van der Waals surface area contributed by atoms with Crippen LogP contribution in [0.25, 0.3) is 0 Å². The van der Waals surface area contributed by atoms with Gasteiger partial charge in [-0.15, -0.1) is 0 Å². The van der Waals surface area contributed by atoms with E-state index in [0.717, 1.165) is 22.8 Å². The highest BCUT2D eigenvalue weighted by Crippen LogP contribution is 2.31. The molecule has 0 heterocycles. The van der Waals surface area contributed by atoms with Crippen molar-refractivity contribution in [1.82, 2.24) is 0 Å². The number of hydrogen-bond acceptors (Lipinski definition) is 2. The molecule has 16 heavy (non-hydrogen) atoms. The Morgan fingerprint density at radius 3 is 2.31 bits per heavy atom. The van der Waals surface area contributed by atoms with Gasteiger partial charge in [0, 0.05) is 0 Å². The molecule has 0 spiro atoms. The van der Waals surface area contributed by atoms with Crippen LogP contribution in [0.5, 0.6) is 17.2 Å². The molecular weight excluding hydrogens is 200 g/mol. The number of benzene rings is 2. The summed E-state index contributed by atoms with van der Waals surface area (Å²) in [5.41, 5.74) is 1.15. The fraction of sp³-hybridized carbons (Fsp3) is 0.143. The zero-order valence-electron chi connectivity index (χ0n) is 9.44. The van der Waals surface area contributed by atoms with Crippen LogP contribution in [-0.4, -0.2) is 7.11 Å². The first-order valence-electron chi connectivity index (χ1n) is 5.17. The Hall–Kier alpha value is -1.96. The lowest BCUT2D eigenvalue weighted by molar-refractivity contribution is 0.378. The van der Waals surface area contributed by atoms with Crippen LogP contribution in [0.2, 0.25) is 0 Å². The van der Waals surface area contributed by atoms with Gasteiger partial charge in [-0.2, -0.15) is 0 Å². The first-order chi connectivity index (χ1) is 7.79. The van der Waals surface area contributed by atoms with E-state index in [2.05, 4.69) is 0 Å². The SMILES string of the molecule is COc1cc(C)ccc1Oc1ccccc1. The lowest BCUT2D eigenvalue weighted by Gasteiger charge is -2.10. The van der Waals surface area contributed by atoms with Crippen LogP contribution in [0.4, 0.5) is 0 Å². The molecule has 2 nitrogen and oxygen atoms in total. The minimum Gasteiger partial charge on any atom is -0.493 e. The van der Waals surface area contributed by atoms with Crippen LogP contribution in [0.1, 0.15) is 5.56 Å². The molecule has 0 saturated carbocycles. The van der Waals surface area contributed by atoms with Crippen molar-refractivity contribution in [3.8, 4) is 17.2 Å². The molecule has 0 N–H and O–H groups in total. The lowest BCUT2D eigenvalue weighted by Crippen LogP contribution is -1.90. The number of ether oxygens (including phenoxy) is 2. The van der Waals surface area contributed by atoms with Gasteiger partial charge in [-0.3, -0.25) is 0 Å². The standard InChI is InChI=1S/C14H14O2/c1-11-8-9-13(14(10-11)15-2)16-12-6-4-3-5-7-12/h3-10H,1-2H3. The van der Waals surface area contributed by atoms with Crippen molar-refractivity contribution >= 4 is 0 Å². The third kappa shape index (κ3) is 2.34.